The van der Waals surface area contributed by atoms with Gasteiger partial charge in [-0.25, -0.2) is 9.97 Å². The molecule has 3 rings (SSSR count). The highest BCUT2D eigenvalue weighted by Gasteiger charge is 2.24. The number of aromatic nitrogens is 2. The smallest absolute Gasteiger partial charge is 0.317 e. The van der Waals surface area contributed by atoms with Crippen LogP contribution in [0.5, 0.6) is 11.8 Å². The lowest BCUT2D eigenvalue weighted by molar-refractivity contribution is -0.124. The summed E-state index contributed by atoms with van der Waals surface area (Å²) in [5, 5.41) is 3.06. The third kappa shape index (κ3) is 5.94. The zero-order chi connectivity index (χ0) is 19.2. The topological polar surface area (TPSA) is 73.3 Å². The van der Waals surface area contributed by atoms with Crippen molar-refractivity contribution in [2.75, 3.05) is 6.61 Å². The minimum Gasteiger partial charge on any atom is -0.484 e. The van der Waals surface area contributed by atoms with E-state index in [2.05, 4.69) is 15.3 Å². The predicted molar refractivity (Wildman–Crippen MR) is 103 cm³/mol. The molecule has 1 saturated carbocycles. The lowest BCUT2D eigenvalue weighted by atomic mass is 9.93. The third-order valence-electron chi connectivity index (χ3n) is 4.63. The van der Waals surface area contributed by atoms with Gasteiger partial charge in [0.1, 0.15) is 11.9 Å². The molecule has 0 saturated heterocycles. The fraction of sp³-hybridized carbons (Fsp3) is 0.476. The summed E-state index contributed by atoms with van der Waals surface area (Å²) in [6.45, 7) is 5.91. The monoisotopic (exact) mass is 369 g/mol. The molecule has 1 aromatic carbocycles. The van der Waals surface area contributed by atoms with Crippen molar-refractivity contribution >= 4 is 5.91 Å². The zero-order valence-corrected chi connectivity index (χ0v) is 16.2. The average Bonchev–Trinajstić information content (AvgIpc) is 2.61. The number of amides is 1. The number of ether oxygens (including phenoxy) is 2. The fourth-order valence-corrected chi connectivity index (χ4v) is 3.34. The van der Waals surface area contributed by atoms with Gasteiger partial charge in [0.05, 0.1) is 0 Å². The van der Waals surface area contributed by atoms with Crippen LogP contribution in [-0.4, -0.2) is 34.6 Å². The van der Waals surface area contributed by atoms with Crippen molar-refractivity contribution < 1.29 is 14.3 Å². The Balaban J connectivity index is 1.40. The highest BCUT2D eigenvalue weighted by molar-refractivity contribution is 5.77. The fourth-order valence-electron chi connectivity index (χ4n) is 3.34. The Morgan fingerprint density at radius 2 is 1.78 bits per heavy atom. The molecule has 1 aliphatic rings. The number of hydrogen-bond acceptors (Lipinski definition) is 5. The SMILES string of the molecule is Cc1cccc(OCC(=O)NC2CCC(Oc3nc(C)cc(C)n3)CC2)c1. The minimum atomic E-state index is -0.0847. The number of benzene rings is 1. The van der Waals surface area contributed by atoms with Crippen molar-refractivity contribution in [1.82, 2.24) is 15.3 Å². The maximum atomic E-state index is 12.1. The molecule has 1 aliphatic carbocycles. The average molecular weight is 369 g/mol. The van der Waals surface area contributed by atoms with Crippen LogP contribution in [0.15, 0.2) is 30.3 Å². The van der Waals surface area contributed by atoms with Crippen molar-refractivity contribution in [2.24, 2.45) is 0 Å². The minimum absolute atomic E-state index is 0.0380. The molecule has 0 bridgehead atoms. The molecular weight excluding hydrogens is 342 g/mol. The van der Waals surface area contributed by atoms with Crippen LogP contribution in [0, 0.1) is 20.8 Å². The second-order valence-electron chi connectivity index (χ2n) is 7.20. The van der Waals surface area contributed by atoms with Crippen LogP contribution in [0.3, 0.4) is 0 Å². The molecule has 1 N–H and O–H groups in total. The number of aryl methyl sites for hydroxylation is 3. The molecule has 1 aromatic heterocycles. The largest absolute Gasteiger partial charge is 0.484 e. The molecule has 1 heterocycles. The van der Waals surface area contributed by atoms with Crippen molar-refractivity contribution in [1.29, 1.82) is 0 Å². The van der Waals surface area contributed by atoms with Gasteiger partial charge in [-0.05, 0) is 70.2 Å². The summed E-state index contributed by atoms with van der Waals surface area (Å²) >= 11 is 0. The lowest BCUT2D eigenvalue weighted by Gasteiger charge is -2.29. The highest BCUT2D eigenvalue weighted by atomic mass is 16.5. The summed E-state index contributed by atoms with van der Waals surface area (Å²) in [6.07, 6.45) is 3.61. The molecule has 0 radical (unpaired) electrons. The molecule has 144 valence electrons. The Kier molecular flexibility index (Phi) is 6.27. The molecular formula is C21H27N3O3. The first kappa shape index (κ1) is 19.1. The Morgan fingerprint density at radius 1 is 1.07 bits per heavy atom. The summed E-state index contributed by atoms with van der Waals surface area (Å²) < 4.78 is 11.5. The summed E-state index contributed by atoms with van der Waals surface area (Å²) in [5.41, 5.74) is 2.93. The van der Waals surface area contributed by atoms with Gasteiger partial charge in [0.25, 0.3) is 5.91 Å². The number of nitrogens with zero attached hydrogens (tertiary/aromatic N) is 2. The van der Waals surface area contributed by atoms with Crippen LogP contribution < -0.4 is 14.8 Å². The van der Waals surface area contributed by atoms with E-state index in [1.54, 1.807) is 0 Å². The number of carbonyl (C=O) groups is 1. The molecule has 0 atom stereocenters. The van der Waals surface area contributed by atoms with E-state index in [1.165, 1.54) is 0 Å². The highest BCUT2D eigenvalue weighted by Crippen LogP contribution is 2.22. The number of nitrogens with one attached hydrogen (secondary N) is 1. The summed E-state index contributed by atoms with van der Waals surface area (Å²) in [5.74, 6) is 0.634. The van der Waals surface area contributed by atoms with Gasteiger partial charge in [-0.1, -0.05) is 12.1 Å². The van der Waals surface area contributed by atoms with Gasteiger partial charge in [-0.2, -0.15) is 0 Å². The number of rotatable bonds is 6. The zero-order valence-electron chi connectivity index (χ0n) is 16.2. The normalized spacial score (nSPS) is 19.4. The maximum absolute atomic E-state index is 12.1. The van der Waals surface area contributed by atoms with Crippen molar-refractivity contribution in [2.45, 2.75) is 58.6 Å². The molecule has 27 heavy (non-hydrogen) atoms. The van der Waals surface area contributed by atoms with E-state index in [4.69, 9.17) is 9.47 Å². The quantitative estimate of drug-likeness (QED) is 0.846. The first-order valence-corrected chi connectivity index (χ1v) is 9.46. The Hall–Kier alpha value is -2.63. The van der Waals surface area contributed by atoms with Gasteiger partial charge in [0.15, 0.2) is 6.61 Å². The van der Waals surface area contributed by atoms with Crippen LogP contribution in [0.2, 0.25) is 0 Å². The van der Waals surface area contributed by atoms with E-state index in [0.717, 1.165) is 48.4 Å². The second-order valence-corrected chi connectivity index (χ2v) is 7.20. The van der Waals surface area contributed by atoms with Gasteiger partial charge < -0.3 is 14.8 Å². The van der Waals surface area contributed by atoms with Crippen LogP contribution in [0.1, 0.15) is 42.6 Å². The molecule has 0 spiro atoms. The van der Waals surface area contributed by atoms with Crippen LogP contribution in [0.4, 0.5) is 0 Å². The van der Waals surface area contributed by atoms with Gasteiger partial charge in [-0.15, -0.1) is 0 Å². The van der Waals surface area contributed by atoms with E-state index >= 15 is 0 Å². The van der Waals surface area contributed by atoms with Gasteiger partial charge in [-0.3, -0.25) is 4.79 Å². The molecule has 1 amide bonds. The van der Waals surface area contributed by atoms with E-state index in [1.807, 2.05) is 51.1 Å². The van der Waals surface area contributed by atoms with Gasteiger partial charge in [0.2, 0.25) is 0 Å². The second kappa shape index (κ2) is 8.84. The molecule has 0 aliphatic heterocycles. The van der Waals surface area contributed by atoms with Crippen LogP contribution >= 0.6 is 0 Å². The van der Waals surface area contributed by atoms with E-state index in [9.17, 15) is 4.79 Å². The molecule has 2 aromatic rings. The summed E-state index contributed by atoms with van der Waals surface area (Å²) in [7, 11) is 0. The first-order chi connectivity index (χ1) is 13.0. The molecule has 0 unspecified atom stereocenters. The lowest BCUT2D eigenvalue weighted by Crippen LogP contribution is -2.41. The molecule has 6 nitrogen and oxygen atoms in total. The van der Waals surface area contributed by atoms with Crippen molar-refractivity contribution in [3.63, 3.8) is 0 Å². The molecule has 6 heteroatoms. The van der Waals surface area contributed by atoms with Gasteiger partial charge >= 0.3 is 6.01 Å². The third-order valence-corrected chi connectivity index (χ3v) is 4.63. The summed E-state index contributed by atoms with van der Waals surface area (Å²) in [6, 6.07) is 10.2. The summed E-state index contributed by atoms with van der Waals surface area (Å²) in [4.78, 5) is 20.8. The Labute approximate surface area is 160 Å². The van der Waals surface area contributed by atoms with Crippen LogP contribution in [-0.2, 0) is 4.79 Å². The Morgan fingerprint density at radius 3 is 2.44 bits per heavy atom. The van der Waals surface area contributed by atoms with Crippen molar-refractivity contribution in [3.8, 4) is 11.8 Å². The number of carbonyl (C=O) groups excluding carboxylic acids is 1. The van der Waals surface area contributed by atoms with Crippen LogP contribution in [0.25, 0.3) is 0 Å². The first-order valence-electron chi connectivity index (χ1n) is 9.46. The standard InChI is InChI=1S/C21H27N3O3/c1-14-5-4-6-19(11-14)26-13-20(25)24-17-7-9-18(10-8-17)27-21-22-15(2)12-16(3)23-21/h4-6,11-12,17-18H,7-10,13H2,1-3H3,(H,24,25). The Bertz CT molecular complexity index is 766. The number of hydrogen-bond donors (Lipinski definition) is 1. The van der Waals surface area contributed by atoms with E-state index < -0.39 is 0 Å². The molecule has 1 fully saturated rings. The van der Waals surface area contributed by atoms with Crippen molar-refractivity contribution in [3.05, 3.63) is 47.3 Å². The predicted octanol–water partition coefficient (Wildman–Crippen LogP) is 3.29. The maximum Gasteiger partial charge on any atom is 0.317 e. The van der Waals surface area contributed by atoms with E-state index in [0.29, 0.717) is 6.01 Å². The van der Waals surface area contributed by atoms with Gasteiger partial charge in [0, 0.05) is 17.4 Å². The van der Waals surface area contributed by atoms with E-state index in [-0.39, 0.29) is 24.7 Å².